The molecule has 0 fully saturated rings. The second-order valence-electron chi connectivity index (χ2n) is 1.19. The summed E-state index contributed by atoms with van der Waals surface area (Å²) in [6, 6.07) is 0. The highest BCUT2D eigenvalue weighted by Gasteiger charge is 1.78. The topological polar surface area (TPSA) is 43.1 Å². The molecule has 0 aromatic heterocycles. The summed E-state index contributed by atoms with van der Waals surface area (Å²) in [7, 11) is 0. The summed E-state index contributed by atoms with van der Waals surface area (Å²) >= 11 is 0. The molecule has 2 nitrogen and oxygen atoms in total. The Balaban J connectivity index is 0. The van der Waals surface area contributed by atoms with Gasteiger partial charge in [-0.3, -0.25) is 4.79 Å². The Morgan fingerprint density at radius 3 is 2.50 bits per heavy atom. The number of hydrogen-bond donors (Lipinski definition) is 1. The molecule has 0 aliphatic heterocycles. The van der Waals surface area contributed by atoms with Crippen LogP contribution in [-0.4, -0.2) is 6.29 Å². The van der Waals surface area contributed by atoms with Gasteiger partial charge >= 0.3 is 0 Å². The zero-order chi connectivity index (χ0) is 5.70. The first-order valence-corrected chi connectivity index (χ1v) is 2.13. The molecule has 0 saturated heterocycles. The van der Waals surface area contributed by atoms with Crippen LogP contribution in [0.5, 0.6) is 0 Å². The van der Waals surface area contributed by atoms with E-state index in [4.69, 9.17) is 5.73 Å². The predicted octanol–water partition coefficient (Wildman–Crippen LogP) is 0.770. The van der Waals surface area contributed by atoms with Gasteiger partial charge in [0, 0.05) is 11.8 Å². The Hall–Kier alpha value is -0.500. The van der Waals surface area contributed by atoms with Crippen molar-refractivity contribution in [3.05, 3.63) is 11.8 Å². The number of nitrogens with two attached hydrogens (primary N) is 1. The fraction of sp³-hybridized carbons (Fsp3) is 0.400. The van der Waals surface area contributed by atoms with Gasteiger partial charge in [0.05, 0.1) is 0 Å². The van der Waals surface area contributed by atoms with Gasteiger partial charge in [-0.15, -0.1) is 12.4 Å². The number of rotatable bonds is 2. The summed E-state index contributed by atoms with van der Waals surface area (Å²) in [4.78, 5) is 9.49. The van der Waals surface area contributed by atoms with Gasteiger partial charge in [-0.05, 0) is 6.42 Å². The number of halogens is 1. The molecular weight excluding hydrogens is 126 g/mol. The first kappa shape index (κ1) is 10.5. The second-order valence-corrected chi connectivity index (χ2v) is 1.19. The van der Waals surface area contributed by atoms with Crippen LogP contribution in [-0.2, 0) is 4.79 Å². The lowest BCUT2D eigenvalue weighted by molar-refractivity contribution is 0.564. The monoisotopic (exact) mass is 134 g/mol. The van der Waals surface area contributed by atoms with Gasteiger partial charge in [-0.25, -0.2) is 0 Å². The van der Waals surface area contributed by atoms with E-state index in [9.17, 15) is 4.79 Å². The van der Waals surface area contributed by atoms with Gasteiger partial charge in [0.1, 0.15) is 0 Å². The van der Waals surface area contributed by atoms with Gasteiger partial charge < -0.3 is 5.73 Å². The van der Waals surface area contributed by atoms with Crippen LogP contribution in [0.15, 0.2) is 11.8 Å². The molecule has 0 aliphatic rings. The average Bonchev–Trinajstić information content (AvgIpc) is 1.68. The summed E-state index contributed by atoms with van der Waals surface area (Å²) < 4.78 is 0. The van der Waals surface area contributed by atoms with Gasteiger partial charge in [0.2, 0.25) is 6.29 Å². The minimum absolute atomic E-state index is 0. The predicted molar refractivity (Wildman–Crippen MR) is 35.5 cm³/mol. The van der Waals surface area contributed by atoms with Crippen molar-refractivity contribution < 1.29 is 4.79 Å². The molecule has 0 saturated carbocycles. The van der Waals surface area contributed by atoms with Crippen molar-refractivity contribution >= 4 is 18.7 Å². The van der Waals surface area contributed by atoms with Crippen LogP contribution < -0.4 is 5.73 Å². The van der Waals surface area contributed by atoms with E-state index in [1.807, 2.05) is 6.92 Å². The Bertz CT molecular complexity index is 90.4. The van der Waals surface area contributed by atoms with Crippen LogP contribution in [0, 0.1) is 0 Å². The number of allylic oxidation sites excluding steroid dienone is 2. The quantitative estimate of drug-likeness (QED) is 0.567. The van der Waals surface area contributed by atoms with Crippen LogP contribution in [0.25, 0.3) is 0 Å². The van der Waals surface area contributed by atoms with E-state index >= 15 is 0 Å². The molecule has 2 N–H and O–H groups in total. The smallest absolute Gasteiger partial charge is 0.227 e. The fourth-order valence-electron chi connectivity index (χ4n) is 0.178. The van der Waals surface area contributed by atoms with Crippen molar-refractivity contribution in [1.82, 2.24) is 0 Å². The van der Waals surface area contributed by atoms with Gasteiger partial charge in [-0.2, -0.15) is 0 Å². The molecule has 0 rings (SSSR count). The SMILES string of the molecule is CCC(N)=C[C]=O.Cl. The molecular formula is C5H9ClNO. The lowest BCUT2D eigenvalue weighted by atomic mass is 10.3. The zero-order valence-corrected chi connectivity index (χ0v) is 5.49. The summed E-state index contributed by atoms with van der Waals surface area (Å²) in [5, 5.41) is 0. The standard InChI is InChI=1S/C5H8NO.ClH/c1-2-5(6)3-4-7;/h3H,2,6H2,1H3;1H. The first-order valence-electron chi connectivity index (χ1n) is 2.13. The molecule has 0 aliphatic carbocycles. The Kier molecular flexibility index (Phi) is 8.51. The summed E-state index contributed by atoms with van der Waals surface area (Å²) in [5.74, 6) is 0. The van der Waals surface area contributed by atoms with Gasteiger partial charge in [0.15, 0.2) is 0 Å². The summed E-state index contributed by atoms with van der Waals surface area (Å²) in [6.07, 6.45) is 3.53. The molecule has 3 heteroatoms. The van der Waals surface area contributed by atoms with E-state index in [1.165, 1.54) is 6.08 Å². The average molecular weight is 135 g/mol. The fourth-order valence-corrected chi connectivity index (χ4v) is 0.178. The van der Waals surface area contributed by atoms with Crippen molar-refractivity contribution in [2.75, 3.05) is 0 Å². The van der Waals surface area contributed by atoms with Crippen LogP contribution in [0.1, 0.15) is 13.3 Å². The molecule has 0 heterocycles. The number of hydrogen-bond acceptors (Lipinski definition) is 2. The molecule has 0 amide bonds. The molecule has 1 radical (unpaired) electrons. The molecule has 0 bridgehead atoms. The molecule has 0 unspecified atom stereocenters. The Morgan fingerprint density at radius 1 is 1.88 bits per heavy atom. The van der Waals surface area contributed by atoms with E-state index in [-0.39, 0.29) is 12.4 Å². The third-order valence-electron chi connectivity index (χ3n) is 0.653. The lowest BCUT2D eigenvalue weighted by Gasteiger charge is -1.85. The molecule has 8 heavy (non-hydrogen) atoms. The minimum atomic E-state index is 0. The van der Waals surface area contributed by atoms with Crippen LogP contribution >= 0.6 is 12.4 Å². The Labute approximate surface area is 55.2 Å². The van der Waals surface area contributed by atoms with Crippen LogP contribution in [0.4, 0.5) is 0 Å². The van der Waals surface area contributed by atoms with Crippen LogP contribution in [0.2, 0.25) is 0 Å². The van der Waals surface area contributed by atoms with Crippen molar-refractivity contribution in [1.29, 1.82) is 0 Å². The van der Waals surface area contributed by atoms with Gasteiger partial charge in [0.25, 0.3) is 0 Å². The van der Waals surface area contributed by atoms with E-state index in [0.717, 1.165) is 6.42 Å². The maximum absolute atomic E-state index is 9.49. The molecule has 0 spiro atoms. The summed E-state index contributed by atoms with van der Waals surface area (Å²) in [5.41, 5.74) is 5.76. The largest absolute Gasteiger partial charge is 0.402 e. The van der Waals surface area contributed by atoms with Crippen molar-refractivity contribution in [3.8, 4) is 0 Å². The first-order chi connectivity index (χ1) is 3.31. The lowest BCUT2D eigenvalue weighted by Crippen LogP contribution is -1.93. The van der Waals surface area contributed by atoms with Crippen LogP contribution in [0.3, 0.4) is 0 Å². The molecule has 0 aromatic rings. The zero-order valence-electron chi connectivity index (χ0n) is 4.68. The maximum atomic E-state index is 9.49. The van der Waals surface area contributed by atoms with Crippen molar-refractivity contribution in [3.63, 3.8) is 0 Å². The molecule has 47 valence electrons. The van der Waals surface area contributed by atoms with E-state index in [2.05, 4.69) is 0 Å². The minimum Gasteiger partial charge on any atom is -0.402 e. The highest BCUT2D eigenvalue weighted by molar-refractivity contribution is 5.85. The van der Waals surface area contributed by atoms with Crippen molar-refractivity contribution in [2.24, 2.45) is 5.73 Å². The van der Waals surface area contributed by atoms with E-state index in [1.54, 1.807) is 6.29 Å². The third kappa shape index (κ3) is 5.50. The van der Waals surface area contributed by atoms with Crippen molar-refractivity contribution in [2.45, 2.75) is 13.3 Å². The second kappa shape index (κ2) is 6.50. The van der Waals surface area contributed by atoms with E-state index in [0.29, 0.717) is 5.70 Å². The number of carbonyl (C=O) groups excluding carboxylic acids is 1. The summed E-state index contributed by atoms with van der Waals surface area (Å²) in [6.45, 7) is 1.88. The highest BCUT2D eigenvalue weighted by Crippen LogP contribution is 1.84. The normalized spacial score (nSPS) is 9.88. The molecule has 0 atom stereocenters. The van der Waals surface area contributed by atoms with Gasteiger partial charge in [-0.1, -0.05) is 6.92 Å². The third-order valence-corrected chi connectivity index (χ3v) is 0.653. The van der Waals surface area contributed by atoms with E-state index < -0.39 is 0 Å². The Morgan fingerprint density at radius 2 is 2.38 bits per heavy atom. The highest BCUT2D eigenvalue weighted by atomic mass is 35.5. The maximum Gasteiger partial charge on any atom is 0.227 e. The molecule has 0 aromatic carbocycles.